The zero-order valence-electron chi connectivity index (χ0n) is 13.6. The van der Waals surface area contributed by atoms with E-state index in [1.807, 2.05) is 63.2 Å². The van der Waals surface area contributed by atoms with Crippen LogP contribution in [0, 0.1) is 11.5 Å². The number of fused-ring (bicyclic) bond motifs is 3. The molecule has 1 amide bonds. The minimum atomic E-state index is -0.473. The summed E-state index contributed by atoms with van der Waals surface area (Å²) in [5, 5.41) is 2.95. The Morgan fingerprint density at radius 2 is 1.91 bits per heavy atom. The zero-order chi connectivity index (χ0) is 16.6. The second-order valence-corrected chi connectivity index (χ2v) is 6.97. The highest BCUT2D eigenvalue weighted by molar-refractivity contribution is 6.05. The van der Waals surface area contributed by atoms with Gasteiger partial charge in [0.1, 0.15) is 5.78 Å². The number of carbonyl (C=O) groups is 2. The molecule has 1 atom stereocenters. The Hall–Kier alpha value is -2.42. The molecule has 2 aromatic carbocycles. The van der Waals surface area contributed by atoms with Gasteiger partial charge in [0.25, 0.3) is 0 Å². The number of amides is 1. The summed E-state index contributed by atoms with van der Waals surface area (Å²) in [6, 6.07) is 16.5. The molecule has 0 bridgehead atoms. The van der Waals surface area contributed by atoms with Gasteiger partial charge in [0.2, 0.25) is 5.91 Å². The number of anilines is 1. The van der Waals surface area contributed by atoms with Gasteiger partial charge in [0, 0.05) is 23.1 Å². The van der Waals surface area contributed by atoms with Crippen molar-refractivity contribution in [2.45, 2.75) is 33.1 Å². The Morgan fingerprint density at radius 3 is 2.65 bits per heavy atom. The van der Waals surface area contributed by atoms with E-state index >= 15 is 0 Å². The number of Topliss-reactive ketones (excluding diaryl/α,β-unsaturated/α-hetero) is 1. The lowest BCUT2D eigenvalue weighted by Gasteiger charge is -2.21. The van der Waals surface area contributed by atoms with Crippen LogP contribution in [0.1, 0.15) is 38.7 Å². The lowest BCUT2D eigenvalue weighted by molar-refractivity contribution is -0.129. The zero-order valence-corrected chi connectivity index (χ0v) is 13.6. The van der Waals surface area contributed by atoms with E-state index in [4.69, 9.17) is 0 Å². The van der Waals surface area contributed by atoms with Crippen LogP contribution in [0.5, 0.6) is 0 Å². The summed E-state index contributed by atoms with van der Waals surface area (Å²) in [5.74, 6) is -0.519. The summed E-state index contributed by atoms with van der Waals surface area (Å²) in [7, 11) is 0. The molecular weight excluding hydrogens is 286 g/mol. The first-order valence-corrected chi connectivity index (χ1v) is 7.82. The summed E-state index contributed by atoms with van der Waals surface area (Å²) < 4.78 is 0. The summed E-state index contributed by atoms with van der Waals surface area (Å²) in [4.78, 5) is 25.2. The molecule has 0 fully saturated rings. The van der Waals surface area contributed by atoms with Crippen LogP contribution in [0.25, 0.3) is 11.1 Å². The van der Waals surface area contributed by atoms with Crippen LogP contribution >= 0.6 is 0 Å². The van der Waals surface area contributed by atoms with Crippen molar-refractivity contribution >= 4 is 17.4 Å². The highest BCUT2D eigenvalue weighted by atomic mass is 16.2. The SMILES string of the molecule is CC(C)(C)C(=O)CC1C(=O)Nc2ccc[c]c2-c2ccccc21. The number of nitrogens with one attached hydrogen (secondary N) is 1. The standard InChI is InChI=1S/C20H20NO2/c1-20(2,3)18(22)12-16-14-9-5-4-8-13(14)15-10-6-7-11-17(15)21-19(16)23/h4-9,11,16H,12H2,1-3H3,(H,21,23). The van der Waals surface area contributed by atoms with Gasteiger partial charge < -0.3 is 5.32 Å². The molecule has 0 saturated carbocycles. The fraction of sp³-hybridized carbons (Fsp3) is 0.300. The molecule has 1 radical (unpaired) electrons. The average molecular weight is 306 g/mol. The number of hydrogen-bond acceptors (Lipinski definition) is 2. The molecule has 3 nitrogen and oxygen atoms in total. The molecule has 0 saturated heterocycles. The third-order valence-electron chi connectivity index (χ3n) is 4.26. The Balaban J connectivity index is 2.10. The molecular formula is C20H20NO2. The van der Waals surface area contributed by atoms with Gasteiger partial charge >= 0.3 is 0 Å². The summed E-state index contributed by atoms with van der Waals surface area (Å²) in [6.45, 7) is 5.66. The molecule has 0 aliphatic carbocycles. The Bertz CT molecular complexity index is 771. The number of carbonyl (C=O) groups excluding carboxylic acids is 2. The second kappa shape index (κ2) is 5.65. The van der Waals surface area contributed by atoms with Crippen LogP contribution in [-0.4, -0.2) is 11.7 Å². The first-order valence-electron chi connectivity index (χ1n) is 7.82. The number of hydrogen-bond donors (Lipinski definition) is 1. The van der Waals surface area contributed by atoms with Crippen molar-refractivity contribution in [2.75, 3.05) is 5.32 Å². The molecule has 2 aromatic rings. The first kappa shape index (κ1) is 15.5. The van der Waals surface area contributed by atoms with Crippen LogP contribution in [0.2, 0.25) is 0 Å². The van der Waals surface area contributed by atoms with Crippen molar-refractivity contribution in [3.63, 3.8) is 0 Å². The molecule has 3 rings (SSSR count). The second-order valence-electron chi connectivity index (χ2n) is 6.97. The molecule has 117 valence electrons. The highest BCUT2D eigenvalue weighted by Gasteiger charge is 2.33. The molecule has 0 aromatic heterocycles. The van der Waals surface area contributed by atoms with E-state index in [0.717, 1.165) is 22.4 Å². The first-order chi connectivity index (χ1) is 10.9. The molecule has 1 heterocycles. The van der Waals surface area contributed by atoms with E-state index in [2.05, 4.69) is 11.4 Å². The molecule has 3 heteroatoms. The van der Waals surface area contributed by atoms with E-state index < -0.39 is 11.3 Å². The molecule has 1 aliphatic rings. The maximum atomic E-state index is 12.7. The summed E-state index contributed by atoms with van der Waals surface area (Å²) in [5.41, 5.74) is 3.02. The largest absolute Gasteiger partial charge is 0.325 e. The van der Waals surface area contributed by atoms with Crippen molar-refractivity contribution in [1.82, 2.24) is 0 Å². The van der Waals surface area contributed by atoms with Gasteiger partial charge in [0.05, 0.1) is 5.92 Å². The Kier molecular flexibility index (Phi) is 3.80. The van der Waals surface area contributed by atoms with Gasteiger partial charge in [-0.2, -0.15) is 0 Å². The van der Waals surface area contributed by atoms with Crippen LogP contribution in [0.3, 0.4) is 0 Å². The van der Waals surface area contributed by atoms with Gasteiger partial charge in [-0.1, -0.05) is 57.2 Å². The monoisotopic (exact) mass is 306 g/mol. The molecule has 0 spiro atoms. The number of benzene rings is 2. The summed E-state index contributed by atoms with van der Waals surface area (Å²) in [6.07, 6.45) is 0.209. The van der Waals surface area contributed by atoms with Gasteiger partial charge in [-0.05, 0) is 23.3 Å². The van der Waals surface area contributed by atoms with Crippen molar-refractivity contribution in [1.29, 1.82) is 0 Å². The maximum Gasteiger partial charge on any atom is 0.232 e. The molecule has 23 heavy (non-hydrogen) atoms. The number of ketones is 1. The quantitative estimate of drug-likeness (QED) is 0.904. The molecule has 1 aliphatic heterocycles. The Morgan fingerprint density at radius 1 is 1.17 bits per heavy atom. The van der Waals surface area contributed by atoms with Crippen molar-refractivity contribution in [2.24, 2.45) is 5.41 Å². The smallest absolute Gasteiger partial charge is 0.232 e. The fourth-order valence-electron chi connectivity index (χ4n) is 2.85. The van der Waals surface area contributed by atoms with Crippen molar-refractivity contribution in [3.8, 4) is 11.1 Å². The molecule has 1 unspecified atom stereocenters. The van der Waals surface area contributed by atoms with E-state index in [-0.39, 0.29) is 18.1 Å². The van der Waals surface area contributed by atoms with Crippen LogP contribution in [0.4, 0.5) is 5.69 Å². The Labute approximate surface area is 136 Å². The summed E-state index contributed by atoms with van der Waals surface area (Å²) >= 11 is 0. The third-order valence-corrected chi connectivity index (χ3v) is 4.26. The van der Waals surface area contributed by atoms with Crippen LogP contribution < -0.4 is 5.32 Å². The third kappa shape index (κ3) is 2.91. The highest BCUT2D eigenvalue weighted by Crippen LogP contribution is 2.39. The van der Waals surface area contributed by atoms with E-state index in [0.29, 0.717) is 0 Å². The lowest BCUT2D eigenvalue weighted by Crippen LogP contribution is -2.28. The van der Waals surface area contributed by atoms with E-state index in [1.165, 1.54) is 0 Å². The van der Waals surface area contributed by atoms with Gasteiger partial charge in [-0.15, -0.1) is 0 Å². The van der Waals surface area contributed by atoms with Crippen LogP contribution in [-0.2, 0) is 9.59 Å². The predicted molar refractivity (Wildman–Crippen MR) is 91.2 cm³/mol. The normalized spacial score (nSPS) is 16.8. The van der Waals surface area contributed by atoms with E-state index in [1.54, 1.807) is 0 Å². The maximum absolute atomic E-state index is 12.7. The van der Waals surface area contributed by atoms with E-state index in [9.17, 15) is 9.59 Å². The predicted octanol–water partition coefficient (Wildman–Crippen LogP) is 4.19. The van der Waals surface area contributed by atoms with Gasteiger partial charge in [-0.25, -0.2) is 0 Å². The van der Waals surface area contributed by atoms with Crippen molar-refractivity contribution < 1.29 is 9.59 Å². The minimum absolute atomic E-state index is 0.0855. The van der Waals surface area contributed by atoms with Crippen molar-refractivity contribution in [3.05, 3.63) is 54.1 Å². The number of rotatable bonds is 2. The average Bonchev–Trinajstić information content (AvgIpc) is 2.62. The molecule has 1 N–H and O–H groups in total. The van der Waals surface area contributed by atoms with Crippen LogP contribution in [0.15, 0.2) is 42.5 Å². The lowest BCUT2D eigenvalue weighted by atomic mass is 9.81. The van der Waals surface area contributed by atoms with Gasteiger partial charge in [-0.3, -0.25) is 9.59 Å². The topological polar surface area (TPSA) is 46.2 Å². The van der Waals surface area contributed by atoms with Gasteiger partial charge in [0.15, 0.2) is 0 Å². The minimum Gasteiger partial charge on any atom is -0.325 e. The fourth-order valence-corrected chi connectivity index (χ4v) is 2.85.